The second-order valence-electron chi connectivity index (χ2n) is 14.7. The highest BCUT2D eigenvalue weighted by atomic mass is 31.2. The van der Waals surface area contributed by atoms with E-state index >= 15 is 0 Å². The largest absolute Gasteiger partial charge is 0.377 e. The minimum absolute atomic E-state index is 0.00837. The highest BCUT2D eigenvalue weighted by Crippen LogP contribution is 2.58. The molecule has 1 aliphatic heterocycles. The molecular weight excluding hydrogens is 521 g/mol. The number of rotatable bonds is 18. The summed E-state index contributed by atoms with van der Waals surface area (Å²) in [5, 5.41) is 7.92. The predicted molar refractivity (Wildman–Crippen MR) is 166 cm³/mol. The third-order valence-electron chi connectivity index (χ3n) is 9.59. The highest BCUT2D eigenvalue weighted by molar-refractivity contribution is 7.59. The molecule has 8 heteroatoms. The van der Waals surface area contributed by atoms with Crippen LogP contribution in [0.3, 0.4) is 0 Å². The molecule has 2 rings (SSSR count). The molecule has 0 aromatic carbocycles. The third kappa shape index (κ3) is 9.64. The number of hydrogen-bond acceptors (Lipinski definition) is 4. The summed E-state index contributed by atoms with van der Waals surface area (Å²) in [5.41, 5.74) is -0.106. The van der Waals surface area contributed by atoms with Crippen LogP contribution < -0.4 is 5.44 Å². The SMILES string of the molecule is CCCCCCC(C)(CCCCCC)C1OC(Cn2cc(P(=O)(O)O)nn2)C(C(C)(C)C)C1C(C)(C)CCCC. The minimum atomic E-state index is -4.45. The molecule has 1 aliphatic rings. The Labute approximate surface area is 245 Å². The summed E-state index contributed by atoms with van der Waals surface area (Å²) in [7, 11) is -4.45. The van der Waals surface area contributed by atoms with E-state index in [1.807, 2.05) is 0 Å². The van der Waals surface area contributed by atoms with E-state index in [0.29, 0.717) is 12.5 Å². The van der Waals surface area contributed by atoms with Crippen LogP contribution in [-0.2, 0) is 15.8 Å². The average molecular weight is 584 g/mol. The van der Waals surface area contributed by atoms with Crippen LogP contribution in [0, 0.1) is 28.1 Å². The summed E-state index contributed by atoms with van der Waals surface area (Å²) < 4.78 is 20.7. The molecule has 0 spiro atoms. The van der Waals surface area contributed by atoms with Gasteiger partial charge in [-0.2, -0.15) is 0 Å². The van der Waals surface area contributed by atoms with E-state index in [2.05, 4.69) is 72.6 Å². The van der Waals surface area contributed by atoms with Gasteiger partial charge in [-0.05, 0) is 47.3 Å². The van der Waals surface area contributed by atoms with Crippen LogP contribution in [-0.4, -0.2) is 37.0 Å². The van der Waals surface area contributed by atoms with Crippen LogP contribution in [0.1, 0.15) is 146 Å². The van der Waals surface area contributed by atoms with E-state index in [0.717, 1.165) is 0 Å². The average Bonchev–Trinajstić information content (AvgIpc) is 3.49. The number of ether oxygens (including phenoxy) is 1. The van der Waals surface area contributed by atoms with Crippen LogP contribution >= 0.6 is 7.60 Å². The van der Waals surface area contributed by atoms with Crippen molar-refractivity contribution < 1.29 is 19.1 Å². The fraction of sp³-hybridized carbons (Fsp3) is 0.938. The van der Waals surface area contributed by atoms with Gasteiger partial charge in [0.15, 0.2) is 5.44 Å². The van der Waals surface area contributed by atoms with Crippen molar-refractivity contribution in [2.24, 2.45) is 28.1 Å². The Bertz CT molecular complexity index is 908. The van der Waals surface area contributed by atoms with Gasteiger partial charge >= 0.3 is 7.60 Å². The van der Waals surface area contributed by atoms with Gasteiger partial charge in [0.1, 0.15) is 0 Å². The van der Waals surface area contributed by atoms with Crippen LogP contribution in [0.5, 0.6) is 0 Å². The quantitative estimate of drug-likeness (QED) is 0.133. The van der Waals surface area contributed by atoms with E-state index in [4.69, 9.17) is 4.74 Å². The molecule has 7 nitrogen and oxygen atoms in total. The second-order valence-corrected chi connectivity index (χ2v) is 16.3. The van der Waals surface area contributed by atoms with E-state index < -0.39 is 7.60 Å². The lowest BCUT2D eigenvalue weighted by Gasteiger charge is -2.48. The minimum Gasteiger partial charge on any atom is -0.372 e. The molecule has 1 aromatic rings. The van der Waals surface area contributed by atoms with Crippen molar-refractivity contribution in [3.8, 4) is 0 Å². The molecule has 2 heterocycles. The summed E-state index contributed by atoms with van der Waals surface area (Å²) in [4.78, 5) is 19.3. The molecule has 2 N–H and O–H groups in total. The molecule has 1 fully saturated rings. The summed E-state index contributed by atoms with van der Waals surface area (Å²) in [6.45, 7) is 21.7. The molecular formula is C32H62N3O4P. The standard InChI is InChI=1S/C32H62N3O4P/c1-10-13-16-18-21-32(9,22-19-17-14-11-2)29-28(31(7,8)20-15-12-3)27(30(4,5)6)25(39-29)23-35-24-26(33-34-35)40(36,37)38/h24-25,27-29H,10-23H2,1-9H3,(H2,36,37,38). The molecule has 1 saturated heterocycles. The number of aromatic nitrogens is 3. The van der Waals surface area contributed by atoms with Crippen molar-refractivity contribution in [1.82, 2.24) is 15.0 Å². The maximum atomic E-state index is 11.8. The Morgan fingerprint density at radius 1 is 0.825 bits per heavy atom. The summed E-state index contributed by atoms with van der Waals surface area (Å²) in [5.74, 6) is 0.647. The molecule has 4 unspecified atom stereocenters. The first-order chi connectivity index (χ1) is 18.6. The fourth-order valence-electron chi connectivity index (χ4n) is 7.34. The van der Waals surface area contributed by atoms with Gasteiger partial charge in [-0.15, -0.1) is 5.10 Å². The first kappa shape index (κ1) is 35.4. The second kappa shape index (κ2) is 15.1. The first-order valence-electron chi connectivity index (χ1n) is 16.2. The zero-order valence-electron chi connectivity index (χ0n) is 27.3. The molecule has 1 aromatic heterocycles. The van der Waals surface area contributed by atoms with Gasteiger partial charge in [0.05, 0.1) is 24.9 Å². The molecule has 0 amide bonds. The van der Waals surface area contributed by atoms with Gasteiger partial charge in [-0.1, -0.05) is 132 Å². The summed E-state index contributed by atoms with van der Waals surface area (Å²) in [6, 6.07) is 0. The third-order valence-corrected chi connectivity index (χ3v) is 10.4. The zero-order valence-corrected chi connectivity index (χ0v) is 28.2. The topological polar surface area (TPSA) is 97.5 Å². The lowest BCUT2D eigenvalue weighted by molar-refractivity contribution is -0.0760. The van der Waals surface area contributed by atoms with Crippen LogP contribution in [0.25, 0.3) is 0 Å². The van der Waals surface area contributed by atoms with Gasteiger partial charge in [0.25, 0.3) is 0 Å². The maximum Gasteiger partial charge on any atom is 0.377 e. The number of unbranched alkanes of at least 4 members (excludes halogenated alkanes) is 7. The fourth-order valence-corrected chi connectivity index (χ4v) is 7.78. The van der Waals surface area contributed by atoms with Crippen molar-refractivity contribution >= 4 is 13.0 Å². The summed E-state index contributed by atoms with van der Waals surface area (Å²) >= 11 is 0. The van der Waals surface area contributed by atoms with Gasteiger partial charge in [-0.25, -0.2) is 4.68 Å². The Kier molecular flexibility index (Phi) is 13.4. The lowest BCUT2D eigenvalue weighted by Crippen LogP contribution is -2.47. The molecule has 4 atom stereocenters. The Morgan fingerprint density at radius 3 is 1.82 bits per heavy atom. The molecule has 40 heavy (non-hydrogen) atoms. The molecule has 0 saturated carbocycles. The van der Waals surface area contributed by atoms with E-state index in [1.54, 1.807) is 4.68 Å². The molecule has 234 valence electrons. The van der Waals surface area contributed by atoms with Crippen molar-refractivity contribution in [2.45, 2.75) is 165 Å². The van der Waals surface area contributed by atoms with Gasteiger partial charge in [0.2, 0.25) is 0 Å². The lowest BCUT2D eigenvalue weighted by atomic mass is 9.56. The van der Waals surface area contributed by atoms with Gasteiger partial charge < -0.3 is 14.5 Å². The van der Waals surface area contributed by atoms with Crippen molar-refractivity contribution in [3.05, 3.63) is 6.20 Å². The Morgan fingerprint density at radius 2 is 1.38 bits per heavy atom. The van der Waals surface area contributed by atoms with E-state index in [9.17, 15) is 14.4 Å². The van der Waals surface area contributed by atoms with E-state index in [-0.39, 0.29) is 39.8 Å². The Balaban J connectivity index is 2.54. The summed E-state index contributed by atoms with van der Waals surface area (Å²) in [6.07, 6.45) is 17.4. The van der Waals surface area contributed by atoms with Crippen molar-refractivity contribution in [1.29, 1.82) is 0 Å². The van der Waals surface area contributed by atoms with Crippen LogP contribution in [0.15, 0.2) is 6.20 Å². The smallest absolute Gasteiger partial charge is 0.372 e. The van der Waals surface area contributed by atoms with Crippen LogP contribution in [0.4, 0.5) is 0 Å². The number of hydrogen-bond donors (Lipinski definition) is 2. The zero-order chi connectivity index (χ0) is 30.2. The van der Waals surface area contributed by atoms with Crippen molar-refractivity contribution in [2.75, 3.05) is 0 Å². The van der Waals surface area contributed by atoms with Gasteiger partial charge in [0, 0.05) is 0 Å². The molecule has 0 radical (unpaired) electrons. The Hall–Kier alpha value is -0.750. The first-order valence-corrected chi connectivity index (χ1v) is 17.8. The maximum absolute atomic E-state index is 11.8. The molecule has 0 aliphatic carbocycles. The highest BCUT2D eigenvalue weighted by Gasteiger charge is 2.58. The van der Waals surface area contributed by atoms with E-state index in [1.165, 1.54) is 89.7 Å². The predicted octanol–water partition coefficient (Wildman–Crippen LogP) is 8.29. The van der Waals surface area contributed by atoms with Crippen LogP contribution in [0.2, 0.25) is 0 Å². The normalized spacial score (nSPS) is 22.8. The van der Waals surface area contributed by atoms with Crippen molar-refractivity contribution in [3.63, 3.8) is 0 Å². The monoisotopic (exact) mass is 583 g/mol. The van der Waals surface area contributed by atoms with Gasteiger partial charge in [-0.3, -0.25) is 4.57 Å². The number of nitrogens with zero attached hydrogens (tertiary/aromatic N) is 3. The molecule has 0 bridgehead atoms.